The topological polar surface area (TPSA) is 113 Å². The highest BCUT2D eigenvalue weighted by Gasteiger charge is 2.17. The molecular formula is C19H17N9O. The summed E-state index contributed by atoms with van der Waals surface area (Å²) in [5.74, 6) is 6.19. The van der Waals surface area contributed by atoms with E-state index in [1.165, 1.54) is 6.21 Å². The Morgan fingerprint density at radius 2 is 2.10 bits per heavy atom. The maximum atomic E-state index is 12.3. The number of fused-ring (bicyclic) bond motifs is 1. The van der Waals surface area contributed by atoms with Gasteiger partial charge in [0.05, 0.1) is 18.1 Å². The van der Waals surface area contributed by atoms with Crippen molar-refractivity contribution in [1.82, 2.24) is 24.6 Å². The molecule has 10 nitrogen and oxygen atoms in total. The fourth-order valence-corrected chi connectivity index (χ4v) is 2.63. The lowest BCUT2D eigenvalue weighted by Crippen LogP contribution is -2.24. The molecule has 0 radical (unpaired) electrons. The summed E-state index contributed by atoms with van der Waals surface area (Å²) in [4.78, 5) is 30.9. The first kappa shape index (κ1) is 18.2. The maximum Gasteiger partial charge on any atom is 0.277 e. The van der Waals surface area contributed by atoms with Crippen molar-refractivity contribution in [3.63, 3.8) is 0 Å². The molecule has 29 heavy (non-hydrogen) atoms. The third kappa shape index (κ3) is 3.79. The lowest BCUT2D eigenvalue weighted by Gasteiger charge is -2.14. The van der Waals surface area contributed by atoms with Crippen LogP contribution < -0.4 is 10.2 Å². The van der Waals surface area contributed by atoms with Crippen LogP contribution in [0.4, 0.5) is 11.6 Å². The molecule has 0 spiro atoms. The molecule has 1 aliphatic rings. The first-order valence-electron chi connectivity index (χ1n) is 8.80. The number of rotatable bonds is 3. The van der Waals surface area contributed by atoms with Crippen LogP contribution in [-0.2, 0) is 4.79 Å². The molecule has 1 atom stereocenters. The lowest BCUT2D eigenvalue weighted by molar-refractivity contribution is -0.110. The zero-order valence-electron chi connectivity index (χ0n) is 16.0. The Kier molecular flexibility index (Phi) is 4.70. The fourth-order valence-electron chi connectivity index (χ4n) is 2.63. The Hall–Kier alpha value is -4.13. The third-order valence-electron chi connectivity index (χ3n) is 4.05. The summed E-state index contributed by atoms with van der Waals surface area (Å²) < 4.78 is 1.78. The molecule has 0 fully saturated rings. The van der Waals surface area contributed by atoms with Crippen molar-refractivity contribution in [2.24, 2.45) is 9.98 Å². The van der Waals surface area contributed by atoms with Gasteiger partial charge in [-0.25, -0.2) is 9.97 Å². The second-order valence-corrected chi connectivity index (χ2v) is 6.40. The van der Waals surface area contributed by atoms with Gasteiger partial charge in [0, 0.05) is 20.3 Å². The molecule has 0 saturated heterocycles. The second kappa shape index (κ2) is 7.47. The monoisotopic (exact) mass is 387 g/mol. The van der Waals surface area contributed by atoms with Gasteiger partial charge >= 0.3 is 0 Å². The molecule has 4 rings (SSSR count). The highest BCUT2D eigenvalue weighted by atomic mass is 16.2. The number of amides is 1. The molecule has 1 N–H and O–H groups in total. The summed E-state index contributed by atoms with van der Waals surface area (Å²) in [6.07, 6.45) is 4.61. The first-order chi connectivity index (χ1) is 14.0. The van der Waals surface area contributed by atoms with Gasteiger partial charge in [0.2, 0.25) is 11.8 Å². The Labute approximate surface area is 166 Å². The van der Waals surface area contributed by atoms with Crippen molar-refractivity contribution in [2.45, 2.75) is 13.1 Å². The smallest absolute Gasteiger partial charge is 0.277 e. The van der Waals surface area contributed by atoms with Crippen LogP contribution in [0.3, 0.4) is 0 Å². The van der Waals surface area contributed by atoms with Crippen molar-refractivity contribution in [3.8, 4) is 11.8 Å². The average molecular weight is 387 g/mol. The number of aromatic nitrogens is 5. The van der Waals surface area contributed by atoms with Crippen molar-refractivity contribution in [3.05, 3.63) is 42.1 Å². The molecule has 0 saturated carbocycles. The average Bonchev–Trinajstić information content (AvgIpc) is 3.32. The van der Waals surface area contributed by atoms with Gasteiger partial charge in [-0.3, -0.25) is 24.5 Å². The SMILES string of the molecule is CC1N=CC(C(=O)Nc2ncc(N(C)C)c(C#Cc3nnc4ccccn34)n2)=N1. The van der Waals surface area contributed by atoms with Crippen LogP contribution in [0.2, 0.25) is 0 Å². The van der Waals surface area contributed by atoms with Crippen molar-refractivity contribution >= 4 is 35.1 Å². The highest BCUT2D eigenvalue weighted by molar-refractivity contribution is 6.63. The minimum atomic E-state index is -0.418. The predicted octanol–water partition coefficient (Wildman–Crippen LogP) is 0.795. The largest absolute Gasteiger partial charge is 0.374 e. The van der Waals surface area contributed by atoms with Crippen LogP contribution >= 0.6 is 0 Å². The molecule has 1 aliphatic heterocycles. The van der Waals surface area contributed by atoms with Crippen LogP contribution in [-0.4, -0.2) is 62.7 Å². The van der Waals surface area contributed by atoms with Crippen LogP contribution in [0.15, 0.2) is 40.6 Å². The lowest BCUT2D eigenvalue weighted by atomic mass is 10.3. The van der Waals surface area contributed by atoms with E-state index in [0.717, 1.165) is 0 Å². The van der Waals surface area contributed by atoms with Gasteiger partial charge in [-0.05, 0) is 30.9 Å². The zero-order valence-corrected chi connectivity index (χ0v) is 16.0. The Balaban J connectivity index is 1.65. The van der Waals surface area contributed by atoms with Crippen molar-refractivity contribution in [2.75, 3.05) is 24.3 Å². The van der Waals surface area contributed by atoms with Crippen LogP contribution in [0.5, 0.6) is 0 Å². The summed E-state index contributed by atoms with van der Waals surface area (Å²) in [6.45, 7) is 1.79. The molecule has 1 unspecified atom stereocenters. The van der Waals surface area contributed by atoms with E-state index in [-0.39, 0.29) is 17.8 Å². The summed E-state index contributed by atoms with van der Waals surface area (Å²) in [6, 6.07) is 5.60. The number of aliphatic imine (C=N–C) groups is 2. The minimum absolute atomic E-state index is 0.131. The number of carbonyl (C=O) groups excluding carboxylic acids is 1. The number of nitrogens with one attached hydrogen (secondary N) is 1. The Morgan fingerprint density at radius 1 is 1.24 bits per heavy atom. The zero-order chi connectivity index (χ0) is 20.4. The van der Waals surface area contributed by atoms with E-state index in [1.54, 1.807) is 17.5 Å². The molecule has 3 aromatic rings. The molecule has 10 heteroatoms. The number of pyridine rings is 1. The Bertz CT molecular complexity index is 1210. The first-order valence-corrected chi connectivity index (χ1v) is 8.80. The quantitative estimate of drug-likeness (QED) is 0.665. The molecule has 0 aliphatic carbocycles. The normalized spacial score (nSPS) is 15.0. The number of hydrogen-bond donors (Lipinski definition) is 1. The van der Waals surface area contributed by atoms with Gasteiger partial charge in [-0.1, -0.05) is 6.07 Å². The van der Waals surface area contributed by atoms with Crippen molar-refractivity contribution in [1.29, 1.82) is 0 Å². The van der Waals surface area contributed by atoms with E-state index in [0.29, 0.717) is 22.9 Å². The van der Waals surface area contributed by atoms with Crippen LogP contribution in [0, 0.1) is 11.8 Å². The van der Waals surface area contributed by atoms with E-state index in [9.17, 15) is 4.79 Å². The molecular weight excluding hydrogens is 370 g/mol. The van der Waals surface area contributed by atoms with E-state index < -0.39 is 5.91 Å². The molecule has 0 aromatic carbocycles. The van der Waals surface area contributed by atoms with E-state index >= 15 is 0 Å². The fraction of sp³-hybridized carbons (Fsp3) is 0.211. The molecule has 3 aromatic heterocycles. The van der Waals surface area contributed by atoms with Crippen LogP contribution in [0.25, 0.3) is 5.65 Å². The number of anilines is 2. The van der Waals surface area contributed by atoms with E-state index in [4.69, 9.17) is 0 Å². The van der Waals surface area contributed by atoms with Crippen LogP contribution in [0.1, 0.15) is 18.4 Å². The van der Waals surface area contributed by atoms with Gasteiger partial charge in [0.1, 0.15) is 17.6 Å². The standard InChI is InChI=1S/C19H17N9O/c1-12-20-10-14(22-12)18(29)24-19-21-11-15(27(2)3)13(23-19)7-8-17-26-25-16-6-4-5-9-28(16)17/h4-6,9-12H,1-3H3,(H,21,23,24,29). The Morgan fingerprint density at radius 3 is 2.86 bits per heavy atom. The molecule has 0 bridgehead atoms. The van der Waals surface area contributed by atoms with Crippen molar-refractivity contribution < 1.29 is 4.79 Å². The van der Waals surface area contributed by atoms with Gasteiger partial charge in [-0.15, -0.1) is 10.2 Å². The van der Waals surface area contributed by atoms with E-state index in [2.05, 4.69) is 47.3 Å². The third-order valence-corrected chi connectivity index (χ3v) is 4.05. The van der Waals surface area contributed by atoms with Gasteiger partial charge in [0.25, 0.3) is 5.91 Å². The molecule has 1 amide bonds. The summed E-state index contributed by atoms with van der Waals surface area (Å²) in [5.41, 5.74) is 2.09. The van der Waals surface area contributed by atoms with Gasteiger partial charge < -0.3 is 4.90 Å². The minimum Gasteiger partial charge on any atom is -0.374 e. The summed E-state index contributed by atoms with van der Waals surface area (Å²) in [5, 5.41) is 10.8. The number of hydrogen-bond acceptors (Lipinski definition) is 8. The second-order valence-electron chi connectivity index (χ2n) is 6.40. The maximum absolute atomic E-state index is 12.3. The number of nitrogens with zero attached hydrogens (tertiary/aromatic N) is 8. The van der Waals surface area contributed by atoms with Gasteiger partial charge in [0.15, 0.2) is 5.65 Å². The molecule has 4 heterocycles. The predicted molar refractivity (Wildman–Crippen MR) is 109 cm³/mol. The molecule has 144 valence electrons. The van der Waals surface area contributed by atoms with E-state index in [1.807, 2.05) is 43.4 Å². The summed E-state index contributed by atoms with van der Waals surface area (Å²) in [7, 11) is 3.72. The van der Waals surface area contributed by atoms with Gasteiger partial charge in [-0.2, -0.15) is 0 Å². The number of carbonyl (C=O) groups is 1. The highest BCUT2D eigenvalue weighted by Crippen LogP contribution is 2.16. The summed E-state index contributed by atoms with van der Waals surface area (Å²) >= 11 is 0.